The molecule has 0 bridgehead atoms. The minimum Gasteiger partial charge on any atom is -0.394 e. The molecule has 3 aliphatic heterocycles. The summed E-state index contributed by atoms with van der Waals surface area (Å²) in [5, 5.41) is 97.2. The topological polar surface area (TPSA) is 228 Å². The predicted octanol–water partition coefficient (Wildman–Crippen LogP) is 0.724. The molecular formula is C41H68O14. The van der Waals surface area contributed by atoms with Crippen LogP contribution in [0.4, 0.5) is 0 Å². The summed E-state index contributed by atoms with van der Waals surface area (Å²) in [4.78, 5) is 0. The van der Waals surface area contributed by atoms with E-state index < -0.39 is 96.8 Å². The van der Waals surface area contributed by atoms with Gasteiger partial charge in [-0.2, -0.15) is 0 Å². The maximum atomic E-state index is 12.2. The van der Waals surface area contributed by atoms with Crippen LogP contribution in [0, 0.1) is 44.8 Å². The molecule has 8 fully saturated rings. The minimum absolute atomic E-state index is 0.0633. The molecule has 9 N–H and O–H groups in total. The Morgan fingerprint density at radius 3 is 2.05 bits per heavy atom. The lowest BCUT2D eigenvalue weighted by molar-refractivity contribution is -0.339. The molecule has 0 aromatic heterocycles. The highest BCUT2D eigenvalue weighted by Gasteiger charge is 2.85. The van der Waals surface area contributed by atoms with Crippen molar-refractivity contribution in [3.8, 4) is 0 Å². The van der Waals surface area contributed by atoms with Gasteiger partial charge in [0.05, 0.1) is 48.8 Å². The molecule has 8 rings (SSSR count). The van der Waals surface area contributed by atoms with Gasteiger partial charge in [0.25, 0.3) is 0 Å². The van der Waals surface area contributed by atoms with Gasteiger partial charge in [-0.1, -0.05) is 27.7 Å². The van der Waals surface area contributed by atoms with Gasteiger partial charge >= 0.3 is 0 Å². The average molecular weight is 785 g/mol. The number of ether oxygens (including phenoxy) is 5. The summed E-state index contributed by atoms with van der Waals surface area (Å²) in [5.41, 5.74) is -3.16. The molecule has 14 heteroatoms. The number of hydrogen-bond acceptors (Lipinski definition) is 14. The molecule has 0 aromatic carbocycles. The van der Waals surface area contributed by atoms with E-state index in [1.165, 1.54) is 0 Å². The Kier molecular flexibility index (Phi) is 9.90. The molecule has 0 radical (unpaired) electrons. The van der Waals surface area contributed by atoms with Crippen LogP contribution in [0.25, 0.3) is 0 Å². The molecule has 55 heavy (non-hydrogen) atoms. The number of rotatable bonds is 7. The van der Waals surface area contributed by atoms with E-state index in [4.69, 9.17) is 23.7 Å². The Balaban J connectivity index is 1.15. The minimum atomic E-state index is -1.60. The van der Waals surface area contributed by atoms with Crippen molar-refractivity contribution < 1.29 is 69.6 Å². The number of aliphatic hydroxyl groups is 9. The van der Waals surface area contributed by atoms with Gasteiger partial charge in [0.2, 0.25) is 0 Å². The van der Waals surface area contributed by atoms with Gasteiger partial charge in [0, 0.05) is 5.92 Å². The van der Waals surface area contributed by atoms with Crippen LogP contribution in [0.1, 0.15) is 106 Å². The lowest BCUT2D eigenvalue weighted by atomic mass is 9.41. The third kappa shape index (κ3) is 5.70. The fourth-order valence-corrected chi connectivity index (χ4v) is 14.9. The molecule has 8 aliphatic rings. The van der Waals surface area contributed by atoms with Gasteiger partial charge in [-0.15, -0.1) is 0 Å². The van der Waals surface area contributed by atoms with Gasteiger partial charge in [0.1, 0.15) is 42.7 Å². The Morgan fingerprint density at radius 1 is 0.709 bits per heavy atom. The molecule has 0 aromatic rings. The van der Waals surface area contributed by atoms with Crippen LogP contribution in [-0.2, 0) is 23.7 Å². The summed E-state index contributed by atoms with van der Waals surface area (Å²) in [6.07, 6.45) is -7.48. The fraction of sp³-hybridized carbons (Fsp3) is 1.00. The first kappa shape index (κ1) is 41.2. The van der Waals surface area contributed by atoms with E-state index >= 15 is 0 Å². The van der Waals surface area contributed by atoms with Crippen molar-refractivity contribution in [2.45, 2.75) is 197 Å². The van der Waals surface area contributed by atoms with Crippen molar-refractivity contribution in [1.82, 2.24) is 0 Å². The van der Waals surface area contributed by atoms with Crippen LogP contribution in [0.5, 0.6) is 0 Å². The Hall–Kier alpha value is -0.560. The molecule has 0 unspecified atom stereocenters. The van der Waals surface area contributed by atoms with Gasteiger partial charge < -0.3 is 69.6 Å². The first-order valence-electron chi connectivity index (χ1n) is 20.9. The van der Waals surface area contributed by atoms with E-state index in [0.717, 1.165) is 32.1 Å². The van der Waals surface area contributed by atoms with Gasteiger partial charge in [-0.3, -0.25) is 0 Å². The molecule has 0 amide bonds. The van der Waals surface area contributed by atoms with Crippen molar-refractivity contribution in [2.24, 2.45) is 44.8 Å². The fourth-order valence-electron chi connectivity index (χ4n) is 14.9. The SMILES string of the molecule is CC(C)(O)[C@H]1CC[C@@](C)([C@H]2[C@@H](O)C[C@@]3(C)[C@@H]4C[C@H](O[C@@H]5O[C@H](CO)[C@@H](O)[C@H](O)[C@H]5O)[C@@H]5C(C)(C)[C@@H](O[C@@H]6OC[C@@H](O)[C@H](O)[C@H]6O)CC[C@@]56C[C@@]46CC[C@]23C)O1. The van der Waals surface area contributed by atoms with Crippen molar-refractivity contribution in [1.29, 1.82) is 0 Å². The Morgan fingerprint density at radius 2 is 1.40 bits per heavy atom. The largest absolute Gasteiger partial charge is 0.394 e. The second-order valence-electron chi connectivity index (χ2n) is 21.1. The molecule has 316 valence electrons. The summed E-state index contributed by atoms with van der Waals surface area (Å²) in [7, 11) is 0. The third-order valence-electron chi connectivity index (χ3n) is 17.6. The van der Waals surface area contributed by atoms with Crippen LogP contribution < -0.4 is 0 Å². The first-order valence-corrected chi connectivity index (χ1v) is 20.9. The van der Waals surface area contributed by atoms with Gasteiger partial charge in [-0.25, -0.2) is 0 Å². The third-order valence-corrected chi connectivity index (χ3v) is 17.6. The standard InChI is InChI=1S/C41H68O14/c1-35(2)24(54-33-29(48)26(45)20(44)17-51-33)9-11-41-18-40(41)13-12-37(5)31(39(7)10-8-25(55-39)36(3,4)50)19(43)15-38(37,6)23(40)14-21(32(35)41)52-34-30(49)28(47)27(46)22(16-42)53-34/h19-34,42-50H,8-18H2,1-7H3/t19-,20+,21-,22+,23-,24-,25+,26-,27+,28-,29+,30+,31-,32+,33-,34+,37+,38-,39-,40-,41+/m0/s1. The van der Waals surface area contributed by atoms with E-state index in [1.54, 1.807) is 13.8 Å². The second-order valence-corrected chi connectivity index (χ2v) is 21.1. The van der Waals surface area contributed by atoms with E-state index in [-0.39, 0.29) is 52.1 Å². The van der Waals surface area contributed by atoms with Crippen LogP contribution in [0.15, 0.2) is 0 Å². The lowest BCUT2D eigenvalue weighted by Crippen LogP contribution is -2.65. The van der Waals surface area contributed by atoms with Gasteiger partial charge in [0.15, 0.2) is 12.6 Å². The molecule has 5 aliphatic carbocycles. The molecular weight excluding hydrogens is 716 g/mol. The van der Waals surface area contributed by atoms with Gasteiger partial charge in [-0.05, 0) is 117 Å². The smallest absolute Gasteiger partial charge is 0.186 e. The zero-order chi connectivity index (χ0) is 40.1. The molecule has 5 saturated carbocycles. The van der Waals surface area contributed by atoms with Crippen LogP contribution in [0.3, 0.4) is 0 Å². The van der Waals surface area contributed by atoms with E-state index in [0.29, 0.717) is 25.7 Å². The summed E-state index contributed by atoms with van der Waals surface area (Å²) < 4.78 is 31.9. The molecule has 21 atom stereocenters. The average Bonchev–Trinajstić information content (AvgIpc) is 3.47. The van der Waals surface area contributed by atoms with Crippen LogP contribution >= 0.6 is 0 Å². The maximum Gasteiger partial charge on any atom is 0.186 e. The first-order chi connectivity index (χ1) is 25.5. The Bertz CT molecular complexity index is 1460. The highest BCUT2D eigenvalue weighted by molar-refractivity contribution is 5.33. The van der Waals surface area contributed by atoms with Crippen LogP contribution in [-0.4, -0.2) is 150 Å². The van der Waals surface area contributed by atoms with E-state index in [1.807, 2.05) is 0 Å². The molecule has 2 spiro atoms. The van der Waals surface area contributed by atoms with Crippen molar-refractivity contribution in [2.75, 3.05) is 13.2 Å². The molecule has 14 nitrogen and oxygen atoms in total. The zero-order valence-electron chi connectivity index (χ0n) is 33.6. The molecule has 3 saturated heterocycles. The highest BCUT2D eigenvalue weighted by Crippen LogP contribution is 2.89. The summed E-state index contributed by atoms with van der Waals surface area (Å²) in [6.45, 7) is 13.8. The monoisotopic (exact) mass is 784 g/mol. The van der Waals surface area contributed by atoms with Crippen molar-refractivity contribution in [3.63, 3.8) is 0 Å². The lowest BCUT2D eigenvalue weighted by Gasteiger charge is -2.65. The van der Waals surface area contributed by atoms with Crippen molar-refractivity contribution >= 4 is 0 Å². The molecule has 3 heterocycles. The summed E-state index contributed by atoms with van der Waals surface area (Å²) >= 11 is 0. The van der Waals surface area contributed by atoms with Crippen LogP contribution in [0.2, 0.25) is 0 Å². The summed E-state index contributed by atoms with van der Waals surface area (Å²) in [5.74, 6) is -0.215. The second kappa shape index (κ2) is 13.2. The zero-order valence-corrected chi connectivity index (χ0v) is 33.6. The normalized spacial score (nSPS) is 58.7. The highest BCUT2D eigenvalue weighted by atomic mass is 16.7. The number of hydrogen-bond donors (Lipinski definition) is 9. The summed E-state index contributed by atoms with van der Waals surface area (Å²) in [6, 6.07) is 0. The number of aliphatic hydroxyl groups excluding tert-OH is 8. The Labute approximate surface area is 324 Å². The van der Waals surface area contributed by atoms with E-state index in [2.05, 4.69) is 34.6 Å². The van der Waals surface area contributed by atoms with Crippen molar-refractivity contribution in [3.05, 3.63) is 0 Å². The predicted molar refractivity (Wildman–Crippen MR) is 194 cm³/mol. The quantitative estimate of drug-likeness (QED) is 0.162. The maximum absolute atomic E-state index is 12.2. The number of fused-ring (bicyclic) bond motifs is 2. The van der Waals surface area contributed by atoms with E-state index in [9.17, 15) is 46.0 Å².